The first-order chi connectivity index (χ1) is 11.2. The topological polar surface area (TPSA) is 97.3 Å². The Labute approximate surface area is 133 Å². The average Bonchev–Trinajstić information content (AvgIpc) is 3.10. The molecule has 0 fully saturated rings. The fraction of sp³-hybridized carbons (Fsp3) is 0.417. The number of anilines is 2. The second kappa shape index (κ2) is 5.62. The zero-order valence-corrected chi connectivity index (χ0v) is 13.0. The Morgan fingerprint density at radius 2 is 2.00 bits per heavy atom. The van der Waals surface area contributed by atoms with Crippen LogP contribution in [0, 0.1) is 6.92 Å². The summed E-state index contributed by atoms with van der Waals surface area (Å²) >= 11 is 0. The molecule has 0 bridgehead atoms. The molecule has 128 valence electrons. The van der Waals surface area contributed by atoms with Gasteiger partial charge in [0, 0.05) is 25.9 Å². The zero-order chi connectivity index (χ0) is 17.5. The maximum absolute atomic E-state index is 12.8. The van der Waals surface area contributed by atoms with Crippen LogP contribution in [0.1, 0.15) is 17.4 Å². The number of alkyl halides is 3. The highest BCUT2D eigenvalue weighted by Gasteiger charge is 2.36. The van der Waals surface area contributed by atoms with Crippen LogP contribution < -0.4 is 10.2 Å². The molecule has 3 rings (SSSR count). The molecule has 0 radical (unpaired) electrons. The van der Waals surface area contributed by atoms with E-state index in [0.717, 1.165) is 4.52 Å². The van der Waals surface area contributed by atoms with Crippen LogP contribution in [0.25, 0.3) is 5.78 Å². The van der Waals surface area contributed by atoms with E-state index in [4.69, 9.17) is 4.52 Å². The molecule has 0 atom stereocenters. The van der Waals surface area contributed by atoms with Gasteiger partial charge in [0.05, 0.1) is 6.54 Å². The summed E-state index contributed by atoms with van der Waals surface area (Å²) in [6.07, 6.45) is -4.65. The van der Waals surface area contributed by atoms with Gasteiger partial charge in [-0.3, -0.25) is 0 Å². The average molecular weight is 342 g/mol. The van der Waals surface area contributed by atoms with E-state index in [1.54, 1.807) is 32.0 Å². The van der Waals surface area contributed by atoms with Crippen molar-refractivity contribution < 1.29 is 17.7 Å². The molecule has 0 saturated heterocycles. The number of fused-ring (bicyclic) bond motifs is 1. The molecule has 0 amide bonds. The molecule has 0 unspecified atom stereocenters. The Morgan fingerprint density at radius 3 is 2.62 bits per heavy atom. The van der Waals surface area contributed by atoms with Crippen LogP contribution in [-0.4, -0.2) is 43.8 Å². The lowest BCUT2D eigenvalue weighted by Gasteiger charge is -2.06. The number of rotatable bonds is 4. The van der Waals surface area contributed by atoms with Gasteiger partial charge in [0.25, 0.3) is 17.6 Å². The zero-order valence-electron chi connectivity index (χ0n) is 13.0. The highest BCUT2D eigenvalue weighted by Crippen LogP contribution is 2.27. The number of hydrogen-bond donors (Lipinski definition) is 1. The third-order valence-corrected chi connectivity index (χ3v) is 2.97. The molecular weight excluding hydrogens is 329 g/mol. The van der Waals surface area contributed by atoms with Crippen LogP contribution in [-0.2, 0) is 12.7 Å². The lowest BCUT2D eigenvalue weighted by atomic mass is 10.4. The van der Waals surface area contributed by atoms with Gasteiger partial charge in [0.2, 0.25) is 5.89 Å². The molecule has 0 spiro atoms. The fourth-order valence-corrected chi connectivity index (χ4v) is 1.90. The quantitative estimate of drug-likeness (QED) is 0.762. The summed E-state index contributed by atoms with van der Waals surface area (Å²) < 4.78 is 44.3. The summed E-state index contributed by atoms with van der Waals surface area (Å²) in [5.74, 6) is -0.453. The molecule has 0 aliphatic heterocycles. The molecule has 0 aliphatic carbocycles. The Morgan fingerprint density at radius 1 is 1.25 bits per heavy atom. The molecule has 3 heterocycles. The molecule has 1 N–H and O–H groups in total. The molecule has 0 aliphatic rings. The van der Waals surface area contributed by atoms with Crippen LogP contribution in [0.4, 0.5) is 24.9 Å². The van der Waals surface area contributed by atoms with Gasteiger partial charge in [0.15, 0.2) is 0 Å². The summed E-state index contributed by atoms with van der Waals surface area (Å²) in [7, 11) is 3.51. The standard InChI is InChI=1S/C12H13F3N8O/c1-6-4-7(16-5-8-18-11(21-24-8)22(2)3)23-10(17-6)19-9(20-23)12(13,14)15/h4,16H,5H2,1-3H3. The number of nitrogens with one attached hydrogen (secondary N) is 1. The van der Waals surface area contributed by atoms with Crippen molar-refractivity contribution in [2.24, 2.45) is 0 Å². The third kappa shape index (κ3) is 3.07. The normalized spacial score (nSPS) is 11.9. The van der Waals surface area contributed by atoms with Crippen LogP contribution in [0.15, 0.2) is 10.6 Å². The van der Waals surface area contributed by atoms with Crippen molar-refractivity contribution in [3.8, 4) is 0 Å². The maximum Gasteiger partial charge on any atom is 0.453 e. The molecule has 0 saturated carbocycles. The minimum absolute atomic E-state index is 0.112. The van der Waals surface area contributed by atoms with Gasteiger partial charge < -0.3 is 14.7 Å². The first-order valence-corrected chi connectivity index (χ1v) is 6.79. The summed E-state index contributed by atoms with van der Waals surface area (Å²) in [5, 5.41) is 10.1. The summed E-state index contributed by atoms with van der Waals surface area (Å²) in [6, 6.07) is 1.55. The van der Waals surface area contributed by atoms with Gasteiger partial charge in [-0.1, -0.05) is 0 Å². The number of aryl methyl sites for hydroxylation is 1. The largest absolute Gasteiger partial charge is 0.453 e. The fourth-order valence-electron chi connectivity index (χ4n) is 1.90. The molecule has 3 aromatic heterocycles. The highest BCUT2D eigenvalue weighted by atomic mass is 19.4. The van der Waals surface area contributed by atoms with Gasteiger partial charge in [0.1, 0.15) is 5.82 Å². The maximum atomic E-state index is 12.8. The second-order valence-corrected chi connectivity index (χ2v) is 5.16. The van der Waals surface area contributed by atoms with Crippen molar-refractivity contribution in [2.75, 3.05) is 24.3 Å². The van der Waals surface area contributed by atoms with Crippen LogP contribution in [0.3, 0.4) is 0 Å². The Bertz CT molecular complexity index is 869. The van der Waals surface area contributed by atoms with Gasteiger partial charge in [-0.15, -0.1) is 5.10 Å². The monoisotopic (exact) mass is 342 g/mol. The number of hydrogen-bond acceptors (Lipinski definition) is 8. The van der Waals surface area contributed by atoms with Crippen LogP contribution in [0.5, 0.6) is 0 Å². The molecular formula is C12H13F3N8O. The van der Waals surface area contributed by atoms with Gasteiger partial charge in [-0.05, 0) is 12.1 Å². The first-order valence-electron chi connectivity index (χ1n) is 6.79. The predicted octanol–water partition coefficient (Wildman–Crippen LogP) is 1.51. The molecule has 9 nitrogen and oxygen atoms in total. The van der Waals surface area contributed by atoms with Crippen molar-refractivity contribution in [3.63, 3.8) is 0 Å². The lowest BCUT2D eigenvalue weighted by molar-refractivity contribution is -0.144. The van der Waals surface area contributed by atoms with E-state index in [0.29, 0.717) is 11.6 Å². The van der Waals surface area contributed by atoms with E-state index in [1.165, 1.54) is 0 Å². The van der Waals surface area contributed by atoms with Crippen molar-refractivity contribution in [1.82, 2.24) is 29.7 Å². The molecule has 12 heteroatoms. The molecule has 0 aromatic carbocycles. The van der Waals surface area contributed by atoms with Crippen molar-refractivity contribution in [2.45, 2.75) is 19.6 Å². The highest BCUT2D eigenvalue weighted by molar-refractivity contribution is 5.45. The minimum Gasteiger partial charge on any atom is -0.361 e. The van der Waals surface area contributed by atoms with Crippen LogP contribution in [0.2, 0.25) is 0 Å². The summed E-state index contributed by atoms with van der Waals surface area (Å²) in [4.78, 5) is 13.1. The number of nitrogens with zero attached hydrogens (tertiary/aromatic N) is 7. The van der Waals surface area contributed by atoms with E-state index in [2.05, 4.69) is 30.5 Å². The Hall–Kier alpha value is -2.92. The SMILES string of the molecule is Cc1cc(NCc2nc(N(C)C)no2)n2nc(C(F)(F)F)nc2n1. The van der Waals surface area contributed by atoms with Crippen molar-refractivity contribution >= 4 is 17.5 Å². The van der Waals surface area contributed by atoms with Gasteiger partial charge >= 0.3 is 6.18 Å². The van der Waals surface area contributed by atoms with E-state index in [-0.39, 0.29) is 24.0 Å². The van der Waals surface area contributed by atoms with E-state index in [9.17, 15) is 13.2 Å². The number of aromatic nitrogens is 6. The van der Waals surface area contributed by atoms with Crippen molar-refractivity contribution in [1.29, 1.82) is 0 Å². The van der Waals surface area contributed by atoms with E-state index in [1.807, 2.05) is 0 Å². The van der Waals surface area contributed by atoms with Crippen LogP contribution >= 0.6 is 0 Å². The lowest BCUT2D eigenvalue weighted by Crippen LogP contribution is -2.11. The Kier molecular flexibility index (Phi) is 3.73. The Balaban J connectivity index is 1.89. The van der Waals surface area contributed by atoms with Gasteiger partial charge in [-0.2, -0.15) is 27.7 Å². The third-order valence-electron chi connectivity index (χ3n) is 2.97. The van der Waals surface area contributed by atoms with E-state index < -0.39 is 12.0 Å². The second-order valence-electron chi connectivity index (χ2n) is 5.16. The minimum atomic E-state index is -4.65. The van der Waals surface area contributed by atoms with Crippen molar-refractivity contribution in [3.05, 3.63) is 23.5 Å². The summed E-state index contributed by atoms with van der Waals surface area (Å²) in [5.41, 5.74) is 0.491. The molecule has 24 heavy (non-hydrogen) atoms. The summed E-state index contributed by atoms with van der Waals surface area (Å²) in [6.45, 7) is 1.75. The van der Waals surface area contributed by atoms with E-state index >= 15 is 0 Å². The molecule has 3 aromatic rings. The number of halogens is 3. The predicted molar refractivity (Wildman–Crippen MR) is 76.5 cm³/mol. The van der Waals surface area contributed by atoms with Gasteiger partial charge in [-0.25, -0.2) is 4.98 Å². The smallest absolute Gasteiger partial charge is 0.361 e. The first kappa shape index (κ1) is 16.0.